The Morgan fingerprint density at radius 3 is 2.94 bits per heavy atom. The SMILES string of the molecule is CCCc1nccc2oc(C3CCCC3)cc12. The zero-order valence-corrected chi connectivity index (χ0v) is 10.4. The molecule has 17 heavy (non-hydrogen) atoms. The molecule has 0 N–H and O–H groups in total. The molecule has 1 fully saturated rings. The van der Waals surface area contributed by atoms with E-state index in [9.17, 15) is 0 Å². The predicted molar refractivity (Wildman–Crippen MR) is 69.2 cm³/mol. The second-order valence-corrected chi connectivity index (χ2v) is 5.05. The van der Waals surface area contributed by atoms with Crippen molar-refractivity contribution in [3.63, 3.8) is 0 Å². The number of fused-ring (bicyclic) bond motifs is 1. The lowest BCUT2D eigenvalue weighted by molar-refractivity contribution is 0.494. The van der Waals surface area contributed by atoms with Crippen molar-refractivity contribution in [1.29, 1.82) is 0 Å². The van der Waals surface area contributed by atoms with Crippen molar-refractivity contribution in [2.24, 2.45) is 0 Å². The fourth-order valence-electron chi connectivity index (χ4n) is 2.89. The highest BCUT2D eigenvalue weighted by Crippen LogP contribution is 2.37. The molecule has 1 aliphatic carbocycles. The first-order valence-electron chi connectivity index (χ1n) is 6.76. The van der Waals surface area contributed by atoms with Gasteiger partial charge >= 0.3 is 0 Å². The molecule has 0 atom stereocenters. The normalized spacial score (nSPS) is 17.0. The van der Waals surface area contributed by atoms with Crippen LogP contribution in [0.25, 0.3) is 11.0 Å². The Labute approximate surface area is 102 Å². The average molecular weight is 229 g/mol. The third-order valence-corrected chi connectivity index (χ3v) is 3.79. The molecule has 2 nitrogen and oxygen atoms in total. The molecule has 0 aromatic carbocycles. The Morgan fingerprint density at radius 1 is 1.35 bits per heavy atom. The highest BCUT2D eigenvalue weighted by atomic mass is 16.3. The minimum Gasteiger partial charge on any atom is -0.461 e. The highest BCUT2D eigenvalue weighted by molar-refractivity contribution is 5.80. The second-order valence-electron chi connectivity index (χ2n) is 5.05. The summed E-state index contributed by atoms with van der Waals surface area (Å²) in [7, 11) is 0. The summed E-state index contributed by atoms with van der Waals surface area (Å²) in [6.45, 7) is 2.19. The van der Waals surface area contributed by atoms with Crippen LogP contribution in [-0.2, 0) is 6.42 Å². The van der Waals surface area contributed by atoms with Gasteiger partial charge in [-0.2, -0.15) is 0 Å². The van der Waals surface area contributed by atoms with Gasteiger partial charge in [-0.05, 0) is 31.4 Å². The van der Waals surface area contributed by atoms with E-state index in [1.807, 2.05) is 12.3 Å². The van der Waals surface area contributed by atoms with Crippen LogP contribution >= 0.6 is 0 Å². The lowest BCUT2D eigenvalue weighted by Crippen LogP contribution is -1.89. The topological polar surface area (TPSA) is 26.0 Å². The summed E-state index contributed by atoms with van der Waals surface area (Å²) in [5.41, 5.74) is 2.21. The van der Waals surface area contributed by atoms with Crippen molar-refractivity contribution in [2.45, 2.75) is 51.4 Å². The summed E-state index contributed by atoms with van der Waals surface area (Å²) in [4.78, 5) is 4.48. The Morgan fingerprint density at radius 2 is 2.18 bits per heavy atom. The van der Waals surface area contributed by atoms with Gasteiger partial charge in [-0.15, -0.1) is 0 Å². The second kappa shape index (κ2) is 4.52. The molecule has 0 amide bonds. The predicted octanol–water partition coefficient (Wildman–Crippen LogP) is 4.44. The van der Waals surface area contributed by atoms with Gasteiger partial charge in [0.25, 0.3) is 0 Å². The third kappa shape index (κ3) is 1.97. The maximum absolute atomic E-state index is 6.00. The maximum Gasteiger partial charge on any atom is 0.137 e. The van der Waals surface area contributed by atoms with Crippen LogP contribution in [-0.4, -0.2) is 4.98 Å². The van der Waals surface area contributed by atoms with Crippen LogP contribution in [0.3, 0.4) is 0 Å². The molecule has 2 aromatic rings. The standard InChI is InChI=1S/C15H19NO/c1-2-5-13-12-10-15(11-6-3-4-7-11)17-14(12)8-9-16-13/h8-11H,2-7H2,1H3. The van der Waals surface area contributed by atoms with E-state index in [1.165, 1.54) is 42.5 Å². The van der Waals surface area contributed by atoms with Crippen molar-refractivity contribution in [2.75, 3.05) is 0 Å². The molecule has 2 heterocycles. The quantitative estimate of drug-likeness (QED) is 0.777. The van der Waals surface area contributed by atoms with Crippen LogP contribution in [0.15, 0.2) is 22.7 Å². The van der Waals surface area contributed by atoms with Crippen molar-refractivity contribution < 1.29 is 4.42 Å². The van der Waals surface area contributed by atoms with Crippen LogP contribution in [0.5, 0.6) is 0 Å². The molecule has 0 radical (unpaired) electrons. The molecule has 2 aromatic heterocycles. The molecule has 0 bridgehead atoms. The van der Waals surface area contributed by atoms with E-state index in [4.69, 9.17) is 4.42 Å². The third-order valence-electron chi connectivity index (χ3n) is 3.79. The molecule has 3 rings (SSSR count). The largest absolute Gasteiger partial charge is 0.461 e. The van der Waals surface area contributed by atoms with E-state index in [1.54, 1.807) is 0 Å². The molecule has 1 saturated carbocycles. The molecule has 0 spiro atoms. The zero-order chi connectivity index (χ0) is 11.7. The first kappa shape index (κ1) is 10.8. The van der Waals surface area contributed by atoms with Crippen LogP contribution in [0, 0.1) is 0 Å². The van der Waals surface area contributed by atoms with Gasteiger partial charge in [0, 0.05) is 17.5 Å². The van der Waals surface area contributed by atoms with Crippen molar-refractivity contribution in [1.82, 2.24) is 4.98 Å². The summed E-state index contributed by atoms with van der Waals surface area (Å²) < 4.78 is 6.00. The number of hydrogen-bond donors (Lipinski definition) is 0. The summed E-state index contributed by atoms with van der Waals surface area (Å²) in [5.74, 6) is 1.83. The number of furan rings is 1. The molecular weight excluding hydrogens is 210 g/mol. The van der Waals surface area contributed by atoms with Crippen LogP contribution in [0.4, 0.5) is 0 Å². The van der Waals surface area contributed by atoms with Crippen molar-refractivity contribution >= 4 is 11.0 Å². The molecule has 1 aliphatic rings. The van der Waals surface area contributed by atoms with Gasteiger partial charge in [0.05, 0.1) is 5.69 Å². The zero-order valence-electron chi connectivity index (χ0n) is 10.4. The number of aryl methyl sites for hydroxylation is 1. The van der Waals surface area contributed by atoms with Crippen LogP contribution in [0.1, 0.15) is 56.4 Å². The molecular formula is C15H19NO. The van der Waals surface area contributed by atoms with Crippen molar-refractivity contribution in [3.8, 4) is 0 Å². The van der Waals surface area contributed by atoms with Gasteiger partial charge in [0.2, 0.25) is 0 Å². The fourth-order valence-corrected chi connectivity index (χ4v) is 2.89. The Hall–Kier alpha value is -1.31. The van der Waals surface area contributed by atoms with E-state index >= 15 is 0 Å². The number of rotatable bonds is 3. The molecule has 0 unspecified atom stereocenters. The summed E-state index contributed by atoms with van der Waals surface area (Å²) >= 11 is 0. The van der Waals surface area contributed by atoms with E-state index in [0.717, 1.165) is 18.4 Å². The Bertz CT molecular complexity index is 509. The molecule has 2 heteroatoms. The molecule has 90 valence electrons. The summed E-state index contributed by atoms with van der Waals surface area (Å²) in [6, 6.07) is 4.23. The number of hydrogen-bond acceptors (Lipinski definition) is 2. The minimum absolute atomic E-state index is 0.650. The van der Waals surface area contributed by atoms with E-state index < -0.39 is 0 Å². The van der Waals surface area contributed by atoms with E-state index in [2.05, 4.69) is 18.0 Å². The van der Waals surface area contributed by atoms with Gasteiger partial charge in [0.1, 0.15) is 11.3 Å². The number of nitrogens with zero attached hydrogens (tertiary/aromatic N) is 1. The molecule has 0 aliphatic heterocycles. The van der Waals surface area contributed by atoms with Crippen LogP contribution in [0.2, 0.25) is 0 Å². The Kier molecular flexibility index (Phi) is 2.87. The lowest BCUT2D eigenvalue weighted by atomic mass is 10.0. The van der Waals surface area contributed by atoms with Gasteiger partial charge in [0.15, 0.2) is 0 Å². The monoisotopic (exact) mass is 229 g/mol. The van der Waals surface area contributed by atoms with E-state index in [0.29, 0.717) is 5.92 Å². The van der Waals surface area contributed by atoms with E-state index in [-0.39, 0.29) is 0 Å². The molecule has 0 saturated heterocycles. The van der Waals surface area contributed by atoms with Gasteiger partial charge in [-0.3, -0.25) is 4.98 Å². The summed E-state index contributed by atoms with van der Waals surface area (Å²) in [6.07, 6.45) is 9.32. The highest BCUT2D eigenvalue weighted by Gasteiger charge is 2.21. The minimum atomic E-state index is 0.650. The first-order valence-corrected chi connectivity index (χ1v) is 6.76. The summed E-state index contributed by atoms with van der Waals surface area (Å²) in [5, 5.41) is 1.23. The van der Waals surface area contributed by atoms with Gasteiger partial charge < -0.3 is 4.42 Å². The first-order chi connectivity index (χ1) is 8.38. The lowest BCUT2D eigenvalue weighted by Gasteiger charge is -2.02. The Balaban J connectivity index is 2.02. The smallest absolute Gasteiger partial charge is 0.137 e. The van der Waals surface area contributed by atoms with Crippen LogP contribution < -0.4 is 0 Å². The maximum atomic E-state index is 6.00. The van der Waals surface area contributed by atoms with Gasteiger partial charge in [-0.1, -0.05) is 26.2 Å². The van der Waals surface area contributed by atoms with Gasteiger partial charge in [-0.25, -0.2) is 0 Å². The fraction of sp³-hybridized carbons (Fsp3) is 0.533. The van der Waals surface area contributed by atoms with Crippen molar-refractivity contribution in [3.05, 3.63) is 29.8 Å². The number of aromatic nitrogens is 1. The average Bonchev–Trinajstić information content (AvgIpc) is 2.98. The number of pyridine rings is 1.